The topological polar surface area (TPSA) is 9.72 Å². The van der Waals surface area contributed by atoms with E-state index in [1.54, 1.807) is 0 Å². The Morgan fingerprint density at radius 2 is 0.870 bits per heavy atom. The van der Waals surface area contributed by atoms with E-state index in [1.807, 2.05) is 0 Å². The summed E-state index contributed by atoms with van der Waals surface area (Å²) in [5.41, 5.74) is 26.7. The molecule has 69 heavy (non-hydrogen) atoms. The van der Waals surface area contributed by atoms with Gasteiger partial charge in [0.25, 0.3) is 6.71 Å². The third kappa shape index (κ3) is 7.21. The van der Waals surface area contributed by atoms with Crippen LogP contribution in [0.1, 0.15) is 146 Å². The van der Waals surface area contributed by atoms with Crippen LogP contribution in [0.3, 0.4) is 0 Å². The molecule has 4 heteroatoms. The highest BCUT2D eigenvalue weighted by Crippen LogP contribution is 2.53. The lowest BCUT2D eigenvalue weighted by atomic mass is 9.33. The maximum absolute atomic E-state index is 2.68. The molecule has 0 radical (unpaired) electrons. The van der Waals surface area contributed by atoms with E-state index in [1.165, 1.54) is 114 Å². The quantitative estimate of drug-likeness (QED) is 0.159. The standard InChI is InChI=1S/C65H72BN3/c1-41-33-58-60-59(34-41)69(56-39-50-48(36-43(56)3)62(7,8)29-31-64(50,11)12)55-28-26-47(67(45-21-17-15-18-22-45)46-23-19-16-20-24-46)37-52(55)66(60)53-38-49-51(65(13,14)32-30-63(49,9)10)40-57(53)68(58)54-27-25-44(35-42(54)2)61(4,5)6/h15-28,33-40H,29-32H2,1-14H3. The Balaban J connectivity index is 1.26. The molecule has 0 saturated carbocycles. The second-order valence-corrected chi connectivity index (χ2v) is 25.0. The van der Waals surface area contributed by atoms with Crippen LogP contribution in [0.5, 0.6) is 0 Å². The van der Waals surface area contributed by atoms with Crippen molar-refractivity contribution in [2.24, 2.45) is 0 Å². The van der Waals surface area contributed by atoms with Crippen LogP contribution in [0.15, 0.2) is 133 Å². The maximum Gasteiger partial charge on any atom is 0.252 e. The number of nitrogens with zero attached hydrogens (tertiary/aromatic N) is 3. The van der Waals surface area contributed by atoms with Crippen LogP contribution in [0, 0.1) is 20.8 Å². The fourth-order valence-electron chi connectivity index (χ4n) is 12.8. The van der Waals surface area contributed by atoms with E-state index in [9.17, 15) is 0 Å². The summed E-state index contributed by atoms with van der Waals surface area (Å²) >= 11 is 0. The average Bonchev–Trinajstić information content (AvgIpc) is 3.30. The predicted octanol–water partition coefficient (Wildman–Crippen LogP) is 16.2. The molecule has 2 aliphatic heterocycles. The summed E-state index contributed by atoms with van der Waals surface area (Å²) in [6, 6.07) is 52.0. The molecule has 0 saturated heterocycles. The smallest absolute Gasteiger partial charge is 0.252 e. The normalized spacial score (nSPS) is 17.9. The summed E-state index contributed by atoms with van der Waals surface area (Å²) in [5.74, 6) is 0. The van der Waals surface area contributed by atoms with Crippen molar-refractivity contribution in [1.29, 1.82) is 0 Å². The molecule has 7 aromatic rings. The number of aryl methyl sites for hydroxylation is 3. The molecule has 350 valence electrons. The summed E-state index contributed by atoms with van der Waals surface area (Å²) in [6.07, 6.45) is 4.69. The Bertz CT molecular complexity index is 3150. The largest absolute Gasteiger partial charge is 0.311 e. The Morgan fingerprint density at radius 3 is 1.39 bits per heavy atom. The molecule has 7 aromatic carbocycles. The predicted molar refractivity (Wildman–Crippen MR) is 299 cm³/mol. The fraction of sp³-hybridized carbons (Fsp3) is 0.354. The molecule has 0 unspecified atom stereocenters. The number of hydrogen-bond donors (Lipinski definition) is 0. The van der Waals surface area contributed by atoms with Gasteiger partial charge in [-0.2, -0.15) is 0 Å². The number of anilines is 9. The highest BCUT2D eigenvalue weighted by molar-refractivity contribution is 7.00. The van der Waals surface area contributed by atoms with Crippen LogP contribution in [0.2, 0.25) is 0 Å². The molecule has 0 N–H and O–H groups in total. The second-order valence-electron chi connectivity index (χ2n) is 25.0. The van der Waals surface area contributed by atoms with Crippen molar-refractivity contribution in [3.8, 4) is 0 Å². The minimum Gasteiger partial charge on any atom is -0.311 e. The molecule has 3 nitrogen and oxygen atoms in total. The Kier molecular flexibility index (Phi) is 10.2. The van der Waals surface area contributed by atoms with E-state index in [-0.39, 0.29) is 33.8 Å². The van der Waals surface area contributed by atoms with Crippen molar-refractivity contribution in [3.63, 3.8) is 0 Å². The van der Waals surface area contributed by atoms with Gasteiger partial charge in [-0.15, -0.1) is 0 Å². The van der Waals surface area contributed by atoms with Crippen LogP contribution in [0.25, 0.3) is 0 Å². The lowest BCUT2D eigenvalue weighted by Gasteiger charge is -2.48. The van der Waals surface area contributed by atoms with Gasteiger partial charge in [-0.25, -0.2) is 0 Å². The zero-order valence-electron chi connectivity index (χ0n) is 43.9. The number of rotatable bonds is 5. The van der Waals surface area contributed by atoms with Gasteiger partial charge in [-0.3, -0.25) is 0 Å². The van der Waals surface area contributed by atoms with E-state index in [2.05, 4.69) is 245 Å². The Morgan fingerprint density at radius 1 is 0.420 bits per heavy atom. The number of para-hydroxylation sites is 2. The SMILES string of the molecule is Cc1cc2c3c(c1)N(c1ccc(C(C)(C)C)cc1C)c1cc4c(cc1B3c1cc(N(c3ccccc3)c3ccccc3)ccc1N2c1cc2c(cc1C)C(C)(C)CCC2(C)C)C(C)(C)CCC4(C)C. The molecule has 2 aliphatic carbocycles. The van der Waals surface area contributed by atoms with Gasteiger partial charge in [0.1, 0.15) is 0 Å². The fourth-order valence-corrected chi connectivity index (χ4v) is 12.8. The maximum atomic E-state index is 2.68. The van der Waals surface area contributed by atoms with Gasteiger partial charge in [0.05, 0.1) is 0 Å². The van der Waals surface area contributed by atoms with Crippen LogP contribution in [0.4, 0.5) is 51.2 Å². The summed E-state index contributed by atoms with van der Waals surface area (Å²) in [5, 5.41) is 0. The van der Waals surface area contributed by atoms with E-state index >= 15 is 0 Å². The lowest BCUT2D eigenvalue weighted by molar-refractivity contribution is 0.332. The monoisotopic (exact) mass is 906 g/mol. The summed E-state index contributed by atoms with van der Waals surface area (Å²) in [7, 11) is 0. The minimum absolute atomic E-state index is 0.0185. The van der Waals surface area contributed by atoms with Crippen molar-refractivity contribution >= 4 is 74.3 Å². The number of benzene rings is 7. The van der Waals surface area contributed by atoms with Crippen LogP contribution >= 0.6 is 0 Å². The third-order valence-electron chi connectivity index (χ3n) is 17.2. The van der Waals surface area contributed by atoms with Gasteiger partial charge >= 0.3 is 0 Å². The summed E-state index contributed by atoms with van der Waals surface area (Å²) in [6.45, 7) is 33.7. The van der Waals surface area contributed by atoms with Gasteiger partial charge in [0.15, 0.2) is 0 Å². The first kappa shape index (κ1) is 45.4. The Hall–Kier alpha value is -6.00. The third-order valence-corrected chi connectivity index (χ3v) is 17.2. The van der Waals surface area contributed by atoms with Crippen molar-refractivity contribution in [3.05, 3.63) is 178 Å². The van der Waals surface area contributed by atoms with E-state index in [4.69, 9.17) is 0 Å². The minimum atomic E-state index is -0.0185. The first-order valence-electron chi connectivity index (χ1n) is 25.8. The highest BCUT2D eigenvalue weighted by Gasteiger charge is 2.48. The van der Waals surface area contributed by atoms with Crippen molar-refractivity contribution in [2.75, 3.05) is 14.7 Å². The van der Waals surface area contributed by atoms with Crippen LogP contribution < -0.4 is 31.1 Å². The van der Waals surface area contributed by atoms with Gasteiger partial charge in [0.2, 0.25) is 0 Å². The lowest BCUT2D eigenvalue weighted by Crippen LogP contribution is -2.62. The first-order valence-corrected chi connectivity index (χ1v) is 25.8. The number of hydrogen-bond acceptors (Lipinski definition) is 3. The summed E-state index contributed by atoms with van der Waals surface area (Å²) < 4.78 is 0. The molecular formula is C65H72BN3. The Labute approximate surface area is 414 Å². The van der Waals surface area contributed by atoms with Gasteiger partial charge in [0, 0.05) is 51.2 Å². The highest BCUT2D eigenvalue weighted by atomic mass is 15.2. The molecule has 0 aromatic heterocycles. The van der Waals surface area contributed by atoms with Gasteiger partial charge in [-0.05, 0) is 207 Å². The molecule has 0 fully saturated rings. The molecule has 2 heterocycles. The van der Waals surface area contributed by atoms with E-state index < -0.39 is 0 Å². The van der Waals surface area contributed by atoms with Crippen molar-refractivity contribution in [1.82, 2.24) is 0 Å². The first-order chi connectivity index (χ1) is 32.6. The molecule has 0 atom stereocenters. The van der Waals surface area contributed by atoms with Crippen molar-refractivity contribution in [2.45, 2.75) is 150 Å². The van der Waals surface area contributed by atoms with E-state index in [0.29, 0.717) is 0 Å². The van der Waals surface area contributed by atoms with E-state index in [0.717, 1.165) is 23.5 Å². The zero-order chi connectivity index (χ0) is 48.7. The second kappa shape index (κ2) is 15.5. The van der Waals surface area contributed by atoms with Crippen molar-refractivity contribution < 1.29 is 0 Å². The molecule has 0 amide bonds. The van der Waals surface area contributed by atoms with Crippen LogP contribution in [-0.4, -0.2) is 6.71 Å². The molecule has 0 spiro atoms. The molecule has 11 rings (SSSR count). The number of fused-ring (bicyclic) bond motifs is 6. The molecule has 4 aliphatic rings. The average molecular weight is 906 g/mol. The van der Waals surface area contributed by atoms with Gasteiger partial charge in [-0.1, -0.05) is 137 Å². The zero-order valence-corrected chi connectivity index (χ0v) is 43.9. The van der Waals surface area contributed by atoms with Gasteiger partial charge < -0.3 is 14.7 Å². The molecule has 0 bridgehead atoms. The molecular weight excluding hydrogens is 834 g/mol. The van der Waals surface area contributed by atoms with Crippen LogP contribution in [-0.2, 0) is 27.1 Å². The summed E-state index contributed by atoms with van der Waals surface area (Å²) in [4.78, 5) is 7.80.